The number of ether oxygens (including phenoxy) is 1. The Labute approximate surface area is 136 Å². The molecule has 23 heavy (non-hydrogen) atoms. The van der Waals surface area contributed by atoms with Crippen LogP contribution in [0, 0.1) is 0 Å². The molecule has 1 aliphatic heterocycles. The number of para-hydroxylation sites is 1. The molecule has 0 bridgehead atoms. The lowest BCUT2D eigenvalue weighted by Crippen LogP contribution is -2.49. The number of anilines is 1. The van der Waals surface area contributed by atoms with E-state index in [0.717, 1.165) is 29.6 Å². The van der Waals surface area contributed by atoms with Crippen molar-refractivity contribution in [1.29, 1.82) is 0 Å². The summed E-state index contributed by atoms with van der Waals surface area (Å²) in [6.07, 6.45) is 1.67. The highest BCUT2D eigenvalue weighted by Crippen LogP contribution is 2.25. The summed E-state index contributed by atoms with van der Waals surface area (Å²) < 4.78 is 5.41. The summed E-state index contributed by atoms with van der Waals surface area (Å²) in [5.74, 6) is 0.738. The molecule has 5 heteroatoms. The maximum Gasteiger partial charge on any atom is 0.252 e. The van der Waals surface area contributed by atoms with Crippen molar-refractivity contribution < 1.29 is 9.53 Å². The zero-order valence-electron chi connectivity index (χ0n) is 13.9. The molecule has 5 nitrogen and oxygen atoms in total. The lowest BCUT2D eigenvalue weighted by Gasteiger charge is -2.34. The van der Waals surface area contributed by atoms with Crippen molar-refractivity contribution in [2.45, 2.75) is 25.3 Å². The molecule has 1 amide bonds. The SMILES string of the molecule is CN(C)c1cc(C(=O)NC2(C)CCOCC2)c2ccccc2n1. The summed E-state index contributed by atoms with van der Waals surface area (Å²) in [6, 6.07) is 9.63. The number of fused-ring (bicyclic) bond motifs is 1. The summed E-state index contributed by atoms with van der Waals surface area (Å²) in [5, 5.41) is 4.09. The maximum absolute atomic E-state index is 12.9. The molecule has 0 atom stereocenters. The summed E-state index contributed by atoms with van der Waals surface area (Å²) >= 11 is 0. The predicted octanol–water partition coefficient (Wildman–Crippen LogP) is 2.60. The van der Waals surface area contributed by atoms with E-state index in [9.17, 15) is 4.79 Å². The number of carbonyl (C=O) groups is 1. The highest BCUT2D eigenvalue weighted by Gasteiger charge is 2.30. The van der Waals surface area contributed by atoms with E-state index >= 15 is 0 Å². The average molecular weight is 313 g/mol. The first-order valence-corrected chi connectivity index (χ1v) is 7.96. The number of aromatic nitrogens is 1. The van der Waals surface area contributed by atoms with Gasteiger partial charge >= 0.3 is 0 Å². The van der Waals surface area contributed by atoms with Crippen LogP contribution in [0.1, 0.15) is 30.1 Å². The fourth-order valence-electron chi connectivity index (χ4n) is 2.87. The van der Waals surface area contributed by atoms with Crippen LogP contribution in [0.15, 0.2) is 30.3 Å². The van der Waals surface area contributed by atoms with Gasteiger partial charge in [-0.05, 0) is 31.9 Å². The van der Waals surface area contributed by atoms with E-state index < -0.39 is 0 Å². The number of nitrogens with zero attached hydrogens (tertiary/aromatic N) is 2. The lowest BCUT2D eigenvalue weighted by molar-refractivity contribution is 0.0423. The summed E-state index contributed by atoms with van der Waals surface area (Å²) in [6.45, 7) is 3.47. The Morgan fingerprint density at radius 2 is 1.96 bits per heavy atom. The number of carbonyl (C=O) groups excluding carboxylic acids is 1. The van der Waals surface area contributed by atoms with Gasteiger partial charge in [0, 0.05) is 38.2 Å². The van der Waals surface area contributed by atoms with E-state index in [0.29, 0.717) is 18.8 Å². The molecular weight excluding hydrogens is 290 g/mol. The van der Waals surface area contributed by atoms with E-state index in [2.05, 4.69) is 17.2 Å². The van der Waals surface area contributed by atoms with Gasteiger partial charge < -0.3 is 15.0 Å². The number of hydrogen-bond acceptors (Lipinski definition) is 4. The van der Waals surface area contributed by atoms with E-state index in [4.69, 9.17) is 4.74 Å². The molecule has 0 aliphatic carbocycles. The fraction of sp³-hybridized carbons (Fsp3) is 0.444. The lowest BCUT2D eigenvalue weighted by atomic mass is 9.92. The number of rotatable bonds is 3. The minimum Gasteiger partial charge on any atom is -0.381 e. The van der Waals surface area contributed by atoms with Crippen LogP contribution in [0.2, 0.25) is 0 Å². The van der Waals surface area contributed by atoms with Gasteiger partial charge in [0.15, 0.2) is 0 Å². The van der Waals surface area contributed by atoms with Crippen LogP contribution >= 0.6 is 0 Å². The van der Waals surface area contributed by atoms with E-state index in [1.807, 2.05) is 49.3 Å². The van der Waals surface area contributed by atoms with Crippen LogP contribution in [0.3, 0.4) is 0 Å². The molecule has 2 heterocycles. The molecule has 1 saturated heterocycles. The summed E-state index contributed by atoms with van der Waals surface area (Å²) in [4.78, 5) is 19.4. The molecule has 1 aromatic heterocycles. The molecule has 0 unspecified atom stereocenters. The largest absolute Gasteiger partial charge is 0.381 e. The Balaban J connectivity index is 1.98. The molecule has 1 aliphatic rings. The predicted molar refractivity (Wildman–Crippen MR) is 92.0 cm³/mol. The number of pyridine rings is 1. The molecule has 2 aromatic rings. The van der Waals surface area contributed by atoms with Crippen molar-refractivity contribution in [3.63, 3.8) is 0 Å². The van der Waals surface area contributed by atoms with Crippen LogP contribution in [-0.2, 0) is 4.74 Å². The first kappa shape index (κ1) is 15.7. The van der Waals surface area contributed by atoms with Gasteiger partial charge in [-0.3, -0.25) is 4.79 Å². The van der Waals surface area contributed by atoms with Gasteiger partial charge in [0.05, 0.1) is 11.1 Å². The molecule has 1 fully saturated rings. The van der Waals surface area contributed by atoms with Gasteiger partial charge in [-0.15, -0.1) is 0 Å². The quantitative estimate of drug-likeness (QED) is 0.946. The summed E-state index contributed by atoms with van der Waals surface area (Å²) in [7, 11) is 3.86. The van der Waals surface area contributed by atoms with Crippen LogP contribution < -0.4 is 10.2 Å². The van der Waals surface area contributed by atoms with Crippen molar-refractivity contribution in [2.75, 3.05) is 32.2 Å². The van der Waals surface area contributed by atoms with Crippen molar-refractivity contribution >= 4 is 22.6 Å². The third-order valence-electron chi connectivity index (χ3n) is 4.42. The standard InChI is InChI=1S/C18H23N3O2/c1-18(8-10-23-11-9-18)20-17(22)14-12-16(21(2)3)19-15-7-5-4-6-13(14)15/h4-7,12H,8-11H2,1-3H3,(H,20,22). The minimum atomic E-state index is -0.210. The monoisotopic (exact) mass is 313 g/mol. The second kappa shape index (κ2) is 6.16. The first-order valence-electron chi connectivity index (χ1n) is 7.96. The highest BCUT2D eigenvalue weighted by molar-refractivity contribution is 6.07. The van der Waals surface area contributed by atoms with Gasteiger partial charge in [0.25, 0.3) is 5.91 Å². The topological polar surface area (TPSA) is 54.5 Å². The zero-order valence-corrected chi connectivity index (χ0v) is 13.9. The normalized spacial score (nSPS) is 17.0. The number of amides is 1. The number of nitrogens with one attached hydrogen (secondary N) is 1. The number of benzene rings is 1. The van der Waals surface area contributed by atoms with Gasteiger partial charge in [0.1, 0.15) is 5.82 Å². The van der Waals surface area contributed by atoms with Crippen molar-refractivity contribution in [3.8, 4) is 0 Å². The Bertz CT molecular complexity index is 721. The van der Waals surface area contributed by atoms with Gasteiger partial charge in [0.2, 0.25) is 0 Å². The van der Waals surface area contributed by atoms with Crippen molar-refractivity contribution in [3.05, 3.63) is 35.9 Å². The average Bonchev–Trinajstić information content (AvgIpc) is 2.54. The third kappa shape index (κ3) is 3.29. The van der Waals surface area contributed by atoms with E-state index in [1.165, 1.54) is 0 Å². The van der Waals surface area contributed by atoms with Crippen LogP contribution in [0.25, 0.3) is 10.9 Å². The number of hydrogen-bond donors (Lipinski definition) is 1. The molecule has 0 spiro atoms. The highest BCUT2D eigenvalue weighted by atomic mass is 16.5. The van der Waals surface area contributed by atoms with Gasteiger partial charge in [-0.1, -0.05) is 18.2 Å². The van der Waals surface area contributed by atoms with E-state index in [1.54, 1.807) is 0 Å². The van der Waals surface area contributed by atoms with Crippen molar-refractivity contribution in [1.82, 2.24) is 10.3 Å². The molecule has 1 aromatic carbocycles. The van der Waals surface area contributed by atoms with Gasteiger partial charge in [-0.25, -0.2) is 4.98 Å². The molecular formula is C18H23N3O2. The Morgan fingerprint density at radius 1 is 1.26 bits per heavy atom. The molecule has 0 saturated carbocycles. The minimum absolute atomic E-state index is 0.0453. The fourth-order valence-corrected chi connectivity index (χ4v) is 2.87. The van der Waals surface area contributed by atoms with Crippen molar-refractivity contribution in [2.24, 2.45) is 0 Å². The smallest absolute Gasteiger partial charge is 0.252 e. The zero-order chi connectivity index (χ0) is 16.4. The molecule has 1 N–H and O–H groups in total. The first-order chi connectivity index (χ1) is 11.0. The Kier molecular flexibility index (Phi) is 4.22. The Hall–Kier alpha value is -2.14. The van der Waals surface area contributed by atoms with Gasteiger partial charge in [-0.2, -0.15) is 0 Å². The maximum atomic E-state index is 12.9. The second-order valence-corrected chi connectivity index (χ2v) is 6.57. The van der Waals surface area contributed by atoms with Crippen LogP contribution in [0.5, 0.6) is 0 Å². The van der Waals surface area contributed by atoms with Crippen LogP contribution in [0.4, 0.5) is 5.82 Å². The van der Waals surface area contributed by atoms with E-state index in [-0.39, 0.29) is 11.4 Å². The molecule has 122 valence electrons. The summed E-state index contributed by atoms with van der Waals surface area (Å²) in [5.41, 5.74) is 1.30. The third-order valence-corrected chi connectivity index (χ3v) is 4.42. The second-order valence-electron chi connectivity index (χ2n) is 6.57. The van der Waals surface area contributed by atoms with Crippen LogP contribution in [-0.4, -0.2) is 43.7 Å². The molecule has 0 radical (unpaired) electrons. The molecule has 3 rings (SSSR count). The Morgan fingerprint density at radius 3 is 2.65 bits per heavy atom.